The van der Waals surface area contributed by atoms with Crippen LogP contribution in [0.4, 0.5) is 0 Å². The van der Waals surface area contributed by atoms with Crippen molar-refractivity contribution in [2.75, 3.05) is 0 Å². The minimum absolute atomic E-state index is 1.17. The predicted octanol–water partition coefficient (Wildman–Crippen LogP) is 1.98. The van der Waals surface area contributed by atoms with E-state index >= 15 is 0 Å². The first-order valence-electron chi connectivity index (χ1n) is 6.12. The van der Waals surface area contributed by atoms with Crippen LogP contribution in [0.5, 0.6) is 0 Å². The van der Waals surface area contributed by atoms with Crippen molar-refractivity contribution < 1.29 is 0 Å². The number of hydrogen-bond donors (Lipinski definition) is 3. The molecule has 98 valence electrons. The minimum Gasteiger partial charge on any atom is -0.338 e. The van der Waals surface area contributed by atoms with Crippen LogP contribution in [-0.4, -0.2) is 34.0 Å². The Bertz CT molecular complexity index is 176. The van der Waals surface area contributed by atoms with E-state index in [9.17, 15) is 0 Å². The van der Waals surface area contributed by atoms with Gasteiger partial charge in [-0.3, -0.25) is 0 Å². The van der Waals surface area contributed by atoms with Crippen molar-refractivity contribution in [3.05, 3.63) is 0 Å². The lowest BCUT2D eigenvalue weighted by molar-refractivity contribution is 1.15. The zero-order chi connectivity index (χ0) is 13.2. The van der Waals surface area contributed by atoms with Crippen LogP contribution in [0.2, 0.25) is 58.9 Å². The van der Waals surface area contributed by atoms with Crippen LogP contribution in [0.1, 0.15) is 0 Å². The van der Waals surface area contributed by atoms with Gasteiger partial charge in [0.2, 0.25) is 9.28 Å². The molecule has 7 heteroatoms. The van der Waals surface area contributed by atoms with Crippen LogP contribution < -0.4 is 13.9 Å². The van der Waals surface area contributed by atoms with Gasteiger partial charge in [-0.25, -0.2) is 0 Å². The summed E-state index contributed by atoms with van der Waals surface area (Å²) in [4.78, 5) is 0. The average molecular weight is 294 g/mol. The Hall–Kier alpha value is 0.748. The summed E-state index contributed by atoms with van der Waals surface area (Å²) in [6.45, 7) is 21.4. The highest BCUT2D eigenvalue weighted by Crippen LogP contribution is 2.01. The van der Waals surface area contributed by atoms with Crippen LogP contribution >= 0.6 is 0 Å². The molecule has 0 aliphatic carbocycles. The molecule has 16 heavy (non-hydrogen) atoms. The summed E-state index contributed by atoms with van der Waals surface area (Å²) in [6, 6.07) is 0. The topological polar surface area (TPSA) is 36.1 Å². The molecule has 0 aliphatic rings. The van der Waals surface area contributed by atoms with Crippen LogP contribution in [0, 0.1) is 0 Å². The summed E-state index contributed by atoms with van der Waals surface area (Å²) in [7, 11) is -4.74. The molecule has 0 bridgehead atoms. The summed E-state index contributed by atoms with van der Waals surface area (Å²) >= 11 is 0. The van der Waals surface area contributed by atoms with Gasteiger partial charge in [0.15, 0.2) is 0 Å². The van der Waals surface area contributed by atoms with E-state index in [0.29, 0.717) is 0 Å². The van der Waals surface area contributed by atoms with Crippen LogP contribution in [0.25, 0.3) is 0 Å². The summed E-state index contributed by atoms with van der Waals surface area (Å²) < 4.78 is 11.7. The third kappa shape index (κ3) is 11.2. The smallest absolute Gasteiger partial charge is 0.244 e. The molecule has 0 heterocycles. The fourth-order valence-electron chi connectivity index (χ4n) is 1.41. The molecule has 0 aromatic heterocycles. The first-order chi connectivity index (χ1) is 6.79. The van der Waals surface area contributed by atoms with Gasteiger partial charge in [0.1, 0.15) is 24.7 Å². The third-order valence-electron chi connectivity index (χ3n) is 1.73. The van der Waals surface area contributed by atoms with E-state index in [2.05, 4.69) is 72.9 Å². The predicted molar refractivity (Wildman–Crippen MR) is 86.6 cm³/mol. The zero-order valence-corrected chi connectivity index (χ0v) is 16.7. The largest absolute Gasteiger partial charge is 0.338 e. The second-order valence-electron chi connectivity index (χ2n) is 7.62. The van der Waals surface area contributed by atoms with Gasteiger partial charge in [-0.05, 0) is 0 Å². The molecule has 0 amide bonds. The summed E-state index contributed by atoms with van der Waals surface area (Å²) in [5.41, 5.74) is 0. The van der Waals surface area contributed by atoms with E-state index in [0.717, 1.165) is 0 Å². The molecular formula is C9H31N3Si4. The van der Waals surface area contributed by atoms with Gasteiger partial charge in [0.25, 0.3) is 0 Å². The first-order valence-corrected chi connectivity index (χ1v) is 18.3. The second-order valence-corrected chi connectivity index (χ2v) is 25.4. The van der Waals surface area contributed by atoms with Crippen LogP contribution in [0.3, 0.4) is 0 Å². The van der Waals surface area contributed by atoms with Gasteiger partial charge in [0.05, 0.1) is 0 Å². The quantitative estimate of drug-likeness (QED) is 0.656. The van der Waals surface area contributed by atoms with Crippen molar-refractivity contribution in [1.29, 1.82) is 0 Å². The Labute approximate surface area is 107 Å². The second kappa shape index (κ2) is 5.59. The maximum Gasteiger partial charge on any atom is 0.244 e. The average Bonchev–Trinajstić information content (AvgIpc) is 1.70. The van der Waals surface area contributed by atoms with Crippen molar-refractivity contribution >= 4 is 34.0 Å². The molecule has 0 spiro atoms. The molecule has 0 aromatic rings. The Kier molecular flexibility index (Phi) is 5.85. The highest BCUT2D eigenvalue weighted by atomic mass is 28.4. The summed E-state index contributed by atoms with van der Waals surface area (Å²) in [5.74, 6) is 0. The number of rotatable bonds is 6. The van der Waals surface area contributed by atoms with Crippen molar-refractivity contribution in [3.63, 3.8) is 0 Å². The van der Waals surface area contributed by atoms with Gasteiger partial charge >= 0.3 is 0 Å². The van der Waals surface area contributed by atoms with E-state index in [4.69, 9.17) is 0 Å². The maximum atomic E-state index is 3.89. The molecular weight excluding hydrogens is 262 g/mol. The lowest BCUT2D eigenvalue weighted by atomic mass is 11.8. The van der Waals surface area contributed by atoms with Crippen LogP contribution in [0.15, 0.2) is 0 Å². The number of nitrogens with one attached hydrogen (secondary N) is 3. The molecule has 0 radical (unpaired) electrons. The fraction of sp³-hybridized carbons (Fsp3) is 1.00. The molecule has 3 N–H and O–H groups in total. The molecule has 0 aromatic carbocycles. The van der Waals surface area contributed by atoms with E-state index in [1.807, 2.05) is 0 Å². The zero-order valence-electron chi connectivity index (χ0n) is 12.6. The normalized spacial score (nSPS) is 14.6. The van der Waals surface area contributed by atoms with Gasteiger partial charge in [0, 0.05) is 0 Å². The highest BCUT2D eigenvalue weighted by Gasteiger charge is 2.29. The monoisotopic (exact) mass is 293 g/mol. The van der Waals surface area contributed by atoms with E-state index < -0.39 is 34.0 Å². The molecule has 0 atom stereocenters. The minimum atomic E-state index is -1.19. The number of hydrogen-bond acceptors (Lipinski definition) is 3. The van der Waals surface area contributed by atoms with Crippen LogP contribution in [-0.2, 0) is 0 Å². The Balaban J connectivity index is 4.53. The van der Waals surface area contributed by atoms with E-state index in [1.165, 1.54) is 0 Å². The third-order valence-corrected chi connectivity index (χ3v) is 15.6. The van der Waals surface area contributed by atoms with Gasteiger partial charge in [-0.2, -0.15) is 0 Å². The highest BCUT2D eigenvalue weighted by molar-refractivity contribution is 6.93. The van der Waals surface area contributed by atoms with Crippen molar-refractivity contribution in [3.8, 4) is 0 Å². The summed E-state index contributed by atoms with van der Waals surface area (Å²) in [5, 5.41) is 0. The maximum absolute atomic E-state index is 3.89. The Morgan fingerprint density at radius 1 is 0.500 bits per heavy atom. The Morgan fingerprint density at radius 2 is 0.688 bits per heavy atom. The van der Waals surface area contributed by atoms with Gasteiger partial charge in [-0.15, -0.1) is 0 Å². The van der Waals surface area contributed by atoms with Gasteiger partial charge in [-0.1, -0.05) is 58.9 Å². The van der Waals surface area contributed by atoms with E-state index in [-0.39, 0.29) is 0 Å². The molecule has 0 saturated carbocycles. The van der Waals surface area contributed by atoms with Gasteiger partial charge < -0.3 is 13.9 Å². The van der Waals surface area contributed by atoms with Crippen molar-refractivity contribution in [1.82, 2.24) is 13.9 Å². The molecule has 3 nitrogen and oxygen atoms in total. The molecule has 0 saturated heterocycles. The standard InChI is InChI=1S/C9H31N3Si4/c1-14(2,3)10-13(11-15(4,5)6)12-16(7,8)9/h10-13H,1-9H3. The fourth-order valence-corrected chi connectivity index (χ4v) is 14.6. The lowest BCUT2D eigenvalue weighted by Gasteiger charge is -2.35. The van der Waals surface area contributed by atoms with Crippen molar-refractivity contribution in [2.45, 2.75) is 58.9 Å². The lowest BCUT2D eigenvalue weighted by Crippen LogP contribution is -2.73. The molecule has 0 rings (SSSR count). The molecule has 0 aliphatic heterocycles. The van der Waals surface area contributed by atoms with E-state index in [1.54, 1.807) is 0 Å². The Morgan fingerprint density at radius 3 is 0.812 bits per heavy atom. The molecule has 0 fully saturated rings. The van der Waals surface area contributed by atoms with Crippen molar-refractivity contribution in [2.24, 2.45) is 0 Å². The summed E-state index contributed by atoms with van der Waals surface area (Å²) in [6.07, 6.45) is 0. The first kappa shape index (κ1) is 16.7. The molecule has 0 unspecified atom stereocenters. The SMILES string of the molecule is C[Si](C)(C)N[SiH](N[Si](C)(C)C)N[Si](C)(C)C.